The van der Waals surface area contributed by atoms with E-state index in [1.807, 2.05) is 0 Å². The molecular formula is C12H9ClF3N3. The summed E-state index contributed by atoms with van der Waals surface area (Å²) in [5, 5.41) is 3.04. The van der Waals surface area contributed by atoms with Crippen LogP contribution in [-0.2, 0) is 6.18 Å². The third-order valence-corrected chi connectivity index (χ3v) is 2.62. The second kappa shape index (κ2) is 4.97. The highest BCUT2D eigenvalue weighted by Crippen LogP contribution is 2.30. The molecule has 0 bridgehead atoms. The van der Waals surface area contributed by atoms with Gasteiger partial charge < -0.3 is 11.1 Å². The molecule has 0 unspecified atom stereocenters. The number of hydrogen-bond donors (Lipinski definition) is 2. The highest BCUT2D eigenvalue weighted by atomic mass is 35.5. The van der Waals surface area contributed by atoms with Crippen LogP contribution in [0.15, 0.2) is 36.4 Å². The quantitative estimate of drug-likeness (QED) is 0.818. The Hall–Kier alpha value is -1.95. The van der Waals surface area contributed by atoms with Gasteiger partial charge in [0.15, 0.2) is 0 Å². The van der Waals surface area contributed by atoms with Crippen molar-refractivity contribution in [3.05, 3.63) is 47.1 Å². The Morgan fingerprint density at radius 2 is 1.89 bits per heavy atom. The van der Waals surface area contributed by atoms with Crippen molar-refractivity contribution in [1.29, 1.82) is 0 Å². The van der Waals surface area contributed by atoms with E-state index < -0.39 is 11.9 Å². The van der Waals surface area contributed by atoms with E-state index in [0.717, 1.165) is 6.07 Å². The van der Waals surface area contributed by atoms with Crippen molar-refractivity contribution in [3.63, 3.8) is 0 Å². The molecule has 7 heteroatoms. The maximum Gasteiger partial charge on any atom is 0.433 e. The number of nitrogens with one attached hydrogen (secondary N) is 1. The first-order chi connectivity index (χ1) is 8.86. The number of pyridine rings is 1. The van der Waals surface area contributed by atoms with E-state index in [1.165, 1.54) is 18.2 Å². The topological polar surface area (TPSA) is 50.9 Å². The van der Waals surface area contributed by atoms with Crippen molar-refractivity contribution in [2.24, 2.45) is 0 Å². The normalized spacial score (nSPS) is 11.4. The Bertz CT molecular complexity index is 599. The molecule has 0 spiro atoms. The number of hydrogen-bond acceptors (Lipinski definition) is 3. The van der Waals surface area contributed by atoms with E-state index >= 15 is 0 Å². The van der Waals surface area contributed by atoms with Gasteiger partial charge in [-0.2, -0.15) is 13.2 Å². The summed E-state index contributed by atoms with van der Waals surface area (Å²) < 4.78 is 37.5. The number of nitrogens with two attached hydrogens (primary N) is 1. The Morgan fingerprint density at radius 1 is 1.16 bits per heavy atom. The number of rotatable bonds is 2. The number of anilines is 3. The monoisotopic (exact) mass is 287 g/mol. The Morgan fingerprint density at radius 3 is 2.58 bits per heavy atom. The number of alkyl halides is 3. The summed E-state index contributed by atoms with van der Waals surface area (Å²) in [6.45, 7) is 0. The predicted octanol–water partition coefficient (Wildman–Crippen LogP) is 4.08. The minimum Gasteiger partial charge on any atom is -0.399 e. The van der Waals surface area contributed by atoms with E-state index in [0.29, 0.717) is 16.4 Å². The molecule has 0 fully saturated rings. The summed E-state index contributed by atoms with van der Waals surface area (Å²) in [7, 11) is 0. The average Bonchev–Trinajstić information content (AvgIpc) is 2.33. The molecule has 1 aromatic carbocycles. The van der Waals surface area contributed by atoms with Gasteiger partial charge in [0.1, 0.15) is 11.5 Å². The number of halogens is 4. The van der Waals surface area contributed by atoms with Gasteiger partial charge in [0.05, 0.1) is 10.7 Å². The Labute approximate surface area is 112 Å². The second-order valence-electron chi connectivity index (χ2n) is 3.77. The summed E-state index contributed by atoms with van der Waals surface area (Å²) in [5.74, 6) is 0.0438. The number of nitrogen functional groups attached to an aromatic ring is 1. The molecule has 1 heterocycles. The molecule has 3 N–H and O–H groups in total. The van der Waals surface area contributed by atoms with E-state index in [1.54, 1.807) is 12.1 Å². The Balaban J connectivity index is 2.31. The fourth-order valence-electron chi connectivity index (χ4n) is 1.44. The maximum absolute atomic E-state index is 12.5. The molecule has 1 aromatic heterocycles. The molecule has 100 valence electrons. The first kappa shape index (κ1) is 13.5. The summed E-state index contributed by atoms with van der Waals surface area (Å²) in [4.78, 5) is 3.47. The highest BCUT2D eigenvalue weighted by molar-refractivity contribution is 6.33. The molecule has 2 rings (SSSR count). The van der Waals surface area contributed by atoms with Crippen LogP contribution in [-0.4, -0.2) is 4.98 Å². The van der Waals surface area contributed by atoms with Gasteiger partial charge in [0, 0.05) is 5.69 Å². The third kappa shape index (κ3) is 3.29. The summed E-state index contributed by atoms with van der Waals surface area (Å²) in [6, 6.07) is 8.23. The summed E-state index contributed by atoms with van der Waals surface area (Å²) >= 11 is 5.91. The van der Waals surface area contributed by atoms with E-state index in [2.05, 4.69) is 10.3 Å². The standard InChI is InChI=1S/C12H9ClF3N3/c13-8-5-4-7(17)6-9(8)18-11-3-1-2-10(19-11)12(14,15)16/h1-6H,17H2,(H,18,19). The molecule has 0 saturated heterocycles. The third-order valence-electron chi connectivity index (χ3n) is 2.29. The zero-order valence-corrected chi connectivity index (χ0v) is 10.3. The lowest BCUT2D eigenvalue weighted by Crippen LogP contribution is -2.09. The van der Waals surface area contributed by atoms with E-state index in [9.17, 15) is 13.2 Å². The van der Waals surface area contributed by atoms with Crippen LogP contribution in [0.25, 0.3) is 0 Å². The van der Waals surface area contributed by atoms with Crippen LogP contribution in [0, 0.1) is 0 Å². The molecule has 0 radical (unpaired) electrons. The largest absolute Gasteiger partial charge is 0.433 e. The predicted molar refractivity (Wildman–Crippen MR) is 68.4 cm³/mol. The van der Waals surface area contributed by atoms with Crippen LogP contribution in [0.1, 0.15) is 5.69 Å². The molecule has 0 saturated carbocycles. The number of benzene rings is 1. The Kier molecular flexibility index (Phi) is 3.53. The average molecular weight is 288 g/mol. The highest BCUT2D eigenvalue weighted by Gasteiger charge is 2.32. The van der Waals surface area contributed by atoms with Crippen molar-refractivity contribution in [3.8, 4) is 0 Å². The lowest BCUT2D eigenvalue weighted by molar-refractivity contribution is -0.141. The smallest absolute Gasteiger partial charge is 0.399 e. The van der Waals surface area contributed by atoms with Gasteiger partial charge in [-0.25, -0.2) is 4.98 Å². The fraction of sp³-hybridized carbons (Fsp3) is 0.0833. The van der Waals surface area contributed by atoms with Gasteiger partial charge in [-0.1, -0.05) is 17.7 Å². The first-order valence-electron chi connectivity index (χ1n) is 5.22. The van der Waals surface area contributed by atoms with Gasteiger partial charge in [0.2, 0.25) is 0 Å². The van der Waals surface area contributed by atoms with Crippen molar-refractivity contribution in [2.45, 2.75) is 6.18 Å². The molecule has 2 aromatic rings. The molecular weight excluding hydrogens is 279 g/mol. The van der Waals surface area contributed by atoms with E-state index in [4.69, 9.17) is 17.3 Å². The van der Waals surface area contributed by atoms with Crippen LogP contribution < -0.4 is 11.1 Å². The minimum absolute atomic E-state index is 0.0438. The lowest BCUT2D eigenvalue weighted by atomic mass is 10.2. The molecule has 19 heavy (non-hydrogen) atoms. The van der Waals surface area contributed by atoms with Crippen molar-refractivity contribution in [2.75, 3.05) is 11.1 Å². The lowest BCUT2D eigenvalue weighted by Gasteiger charge is -2.11. The molecule has 0 atom stereocenters. The van der Waals surface area contributed by atoms with Gasteiger partial charge in [-0.15, -0.1) is 0 Å². The summed E-state index contributed by atoms with van der Waals surface area (Å²) in [6.07, 6.45) is -4.49. The van der Waals surface area contributed by atoms with Crippen LogP contribution >= 0.6 is 11.6 Å². The van der Waals surface area contributed by atoms with Gasteiger partial charge >= 0.3 is 6.18 Å². The van der Waals surface area contributed by atoms with Crippen LogP contribution in [0.4, 0.5) is 30.4 Å². The molecule has 0 aliphatic heterocycles. The van der Waals surface area contributed by atoms with Crippen molar-refractivity contribution in [1.82, 2.24) is 4.98 Å². The zero-order chi connectivity index (χ0) is 14.0. The van der Waals surface area contributed by atoms with Crippen LogP contribution in [0.2, 0.25) is 5.02 Å². The number of aromatic nitrogens is 1. The van der Waals surface area contributed by atoms with Crippen LogP contribution in [0.3, 0.4) is 0 Å². The number of nitrogens with zero attached hydrogens (tertiary/aromatic N) is 1. The maximum atomic E-state index is 12.5. The van der Waals surface area contributed by atoms with Gasteiger partial charge in [0.25, 0.3) is 0 Å². The van der Waals surface area contributed by atoms with Crippen molar-refractivity contribution >= 4 is 28.8 Å². The molecule has 3 nitrogen and oxygen atoms in total. The molecule has 0 aliphatic carbocycles. The molecule has 0 aliphatic rings. The van der Waals surface area contributed by atoms with Crippen LogP contribution in [0.5, 0.6) is 0 Å². The zero-order valence-electron chi connectivity index (χ0n) is 9.50. The SMILES string of the molecule is Nc1ccc(Cl)c(Nc2cccc(C(F)(F)F)n2)c1. The van der Waals surface area contributed by atoms with Gasteiger partial charge in [-0.05, 0) is 30.3 Å². The second-order valence-corrected chi connectivity index (χ2v) is 4.18. The minimum atomic E-state index is -4.49. The first-order valence-corrected chi connectivity index (χ1v) is 5.60. The fourth-order valence-corrected chi connectivity index (χ4v) is 1.60. The van der Waals surface area contributed by atoms with Gasteiger partial charge in [-0.3, -0.25) is 0 Å². The summed E-state index contributed by atoms with van der Waals surface area (Å²) in [5.41, 5.74) is 5.45. The van der Waals surface area contributed by atoms with Crippen molar-refractivity contribution < 1.29 is 13.2 Å². The van der Waals surface area contributed by atoms with E-state index in [-0.39, 0.29) is 5.82 Å². The molecule has 0 amide bonds.